The fourth-order valence-corrected chi connectivity index (χ4v) is 2.08. The van der Waals surface area contributed by atoms with Gasteiger partial charge in [0, 0.05) is 10.8 Å². The van der Waals surface area contributed by atoms with Gasteiger partial charge in [-0.25, -0.2) is 0 Å². The zero-order chi connectivity index (χ0) is 12.4. The number of hydrogen-bond acceptors (Lipinski definition) is 4. The molecule has 1 heterocycles. The van der Waals surface area contributed by atoms with Crippen molar-refractivity contribution in [2.75, 3.05) is 5.43 Å². The Morgan fingerprint density at radius 3 is 2.94 bits per heavy atom. The van der Waals surface area contributed by atoms with Gasteiger partial charge in [-0.05, 0) is 25.8 Å². The first-order valence-electron chi connectivity index (χ1n) is 6.03. The topological polar surface area (TPSA) is 50.2 Å². The maximum atomic E-state index is 4.38. The molecular formula is C14H14N4. The zero-order valence-corrected chi connectivity index (χ0v) is 10.2. The molecule has 0 saturated heterocycles. The molecule has 1 aromatic heterocycles. The highest BCUT2D eigenvalue weighted by molar-refractivity contribution is 5.99. The highest BCUT2D eigenvalue weighted by Crippen LogP contribution is 2.20. The molecule has 18 heavy (non-hydrogen) atoms. The number of hydrogen-bond donors (Lipinski definition) is 1. The first kappa shape index (κ1) is 10.9. The predicted octanol–water partition coefficient (Wildman–Crippen LogP) is 3.14. The number of nitrogens with zero attached hydrogens (tertiary/aromatic N) is 3. The molecule has 2 aromatic rings. The van der Waals surface area contributed by atoms with E-state index in [1.165, 1.54) is 5.57 Å². The van der Waals surface area contributed by atoms with Crippen molar-refractivity contribution in [1.29, 1.82) is 0 Å². The van der Waals surface area contributed by atoms with Gasteiger partial charge in [0.05, 0.1) is 11.9 Å². The van der Waals surface area contributed by atoms with Crippen LogP contribution in [0.4, 0.5) is 5.82 Å². The summed E-state index contributed by atoms with van der Waals surface area (Å²) < 4.78 is 0. The van der Waals surface area contributed by atoms with Crippen LogP contribution >= 0.6 is 0 Å². The van der Waals surface area contributed by atoms with Crippen molar-refractivity contribution in [2.24, 2.45) is 5.10 Å². The normalized spacial score (nSPS) is 17.2. The van der Waals surface area contributed by atoms with Gasteiger partial charge in [-0.2, -0.15) is 10.2 Å². The maximum Gasteiger partial charge on any atom is 0.176 e. The van der Waals surface area contributed by atoms with Crippen LogP contribution in [0.25, 0.3) is 10.8 Å². The fraction of sp³-hybridized carbons (Fsp3) is 0.214. The van der Waals surface area contributed by atoms with E-state index in [2.05, 4.69) is 33.7 Å². The summed E-state index contributed by atoms with van der Waals surface area (Å²) in [6.07, 6.45) is 5.97. The number of anilines is 1. The largest absolute Gasteiger partial charge is 0.259 e. The molecule has 0 aliphatic heterocycles. The zero-order valence-electron chi connectivity index (χ0n) is 10.2. The third-order valence-electron chi connectivity index (χ3n) is 3.06. The van der Waals surface area contributed by atoms with Gasteiger partial charge in [-0.3, -0.25) is 5.43 Å². The van der Waals surface area contributed by atoms with Crippen molar-refractivity contribution >= 4 is 22.3 Å². The lowest BCUT2D eigenvalue weighted by atomic mass is 10.2. The summed E-state index contributed by atoms with van der Waals surface area (Å²) in [5.41, 5.74) is 5.47. The second kappa shape index (κ2) is 4.56. The van der Waals surface area contributed by atoms with E-state index in [0.717, 1.165) is 29.3 Å². The van der Waals surface area contributed by atoms with E-state index in [0.29, 0.717) is 5.82 Å². The van der Waals surface area contributed by atoms with Gasteiger partial charge < -0.3 is 0 Å². The number of allylic oxidation sites excluding steroid dienone is 2. The molecule has 3 rings (SSSR count). The van der Waals surface area contributed by atoms with E-state index in [4.69, 9.17) is 0 Å². The standard InChI is InChI=1S/C14H14N4/c1-10-6-7-12(8-10)16-18-14-13-5-3-2-4-11(13)9-15-17-14/h2-5,8-9H,6-7H2,1H3,(H,17,18)/b16-12-. The minimum absolute atomic E-state index is 0.707. The first-order valence-corrected chi connectivity index (χ1v) is 6.03. The van der Waals surface area contributed by atoms with E-state index in [1.807, 2.05) is 24.3 Å². The number of hydrazone groups is 1. The van der Waals surface area contributed by atoms with Crippen molar-refractivity contribution in [3.8, 4) is 0 Å². The lowest BCUT2D eigenvalue weighted by Crippen LogP contribution is -1.99. The van der Waals surface area contributed by atoms with Crippen LogP contribution in [0.15, 0.2) is 47.2 Å². The molecule has 1 aliphatic rings. The van der Waals surface area contributed by atoms with Crippen LogP contribution in [0.2, 0.25) is 0 Å². The molecule has 0 saturated carbocycles. The molecule has 0 unspecified atom stereocenters. The van der Waals surface area contributed by atoms with Crippen molar-refractivity contribution in [3.63, 3.8) is 0 Å². The Morgan fingerprint density at radius 2 is 2.11 bits per heavy atom. The number of aromatic nitrogens is 2. The van der Waals surface area contributed by atoms with Gasteiger partial charge in [0.1, 0.15) is 0 Å². The van der Waals surface area contributed by atoms with E-state index >= 15 is 0 Å². The fourth-order valence-electron chi connectivity index (χ4n) is 2.08. The third-order valence-corrected chi connectivity index (χ3v) is 3.06. The average molecular weight is 238 g/mol. The summed E-state index contributed by atoms with van der Waals surface area (Å²) >= 11 is 0. The Hall–Kier alpha value is -2.23. The molecule has 1 aromatic carbocycles. The second-order valence-electron chi connectivity index (χ2n) is 4.49. The van der Waals surface area contributed by atoms with Crippen LogP contribution in [-0.2, 0) is 0 Å². The molecule has 1 N–H and O–H groups in total. The lowest BCUT2D eigenvalue weighted by molar-refractivity contribution is 1.03. The minimum atomic E-state index is 0.707. The number of benzene rings is 1. The quantitative estimate of drug-likeness (QED) is 0.818. The van der Waals surface area contributed by atoms with E-state index in [1.54, 1.807) is 6.20 Å². The molecule has 1 aliphatic carbocycles. The van der Waals surface area contributed by atoms with E-state index in [9.17, 15) is 0 Å². The Bertz CT molecular complexity index is 638. The number of fused-ring (bicyclic) bond motifs is 1. The van der Waals surface area contributed by atoms with Crippen LogP contribution in [0, 0.1) is 0 Å². The monoisotopic (exact) mass is 238 g/mol. The SMILES string of the molecule is CC1=C/C(=N\Nc2nncc3ccccc23)CC1. The van der Waals surface area contributed by atoms with Crippen molar-refractivity contribution in [3.05, 3.63) is 42.1 Å². The Balaban J connectivity index is 1.91. The van der Waals surface area contributed by atoms with Gasteiger partial charge in [-0.15, -0.1) is 5.10 Å². The average Bonchev–Trinajstić information content (AvgIpc) is 2.82. The highest BCUT2D eigenvalue weighted by atomic mass is 15.3. The number of nitrogens with one attached hydrogen (secondary N) is 1. The molecule has 0 fully saturated rings. The maximum absolute atomic E-state index is 4.38. The van der Waals surface area contributed by atoms with Crippen molar-refractivity contribution < 1.29 is 0 Å². The van der Waals surface area contributed by atoms with Gasteiger partial charge in [-0.1, -0.05) is 29.8 Å². The summed E-state index contributed by atoms with van der Waals surface area (Å²) in [5, 5.41) is 14.6. The molecule has 4 nitrogen and oxygen atoms in total. The smallest absolute Gasteiger partial charge is 0.176 e. The number of rotatable bonds is 2. The summed E-state index contributed by atoms with van der Waals surface area (Å²) in [7, 11) is 0. The van der Waals surface area contributed by atoms with Crippen molar-refractivity contribution in [2.45, 2.75) is 19.8 Å². The Labute approximate surface area is 105 Å². The van der Waals surface area contributed by atoms with E-state index in [-0.39, 0.29) is 0 Å². The summed E-state index contributed by atoms with van der Waals surface area (Å²) in [5.74, 6) is 0.707. The predicted molar refractivity (Wildman–Crippen MR) is 73.6 cm³/mol. The molecule has 0 radical (unpaired) electrons. The third kappa shape index (κ3) is 2.09. The van der Waals surface area contributed by atoms with Gasteiger partial charge in [0.25, 0.3) is 0 Å². The van der Waals surface area contributed by atoms with Crippen LogP contribution in [0.1, 0.15) is 19.8 Å². The summed E-state index contributed by atoms with van der Waals surface area (Å²) in [4.78, 5) is 0. The van der Waals surface area contributed by atoms with Crippen LogP contribution in [0.5, 0.6) is 0 Å². The van der Waals surface area contributed by atoms with Crippen LogP contribution in [-0.4, -0.2) is 15.9 Å². The second-order valence-corrected chi connectivity index (χ2v) is 4.49. The first-order chi connectivity index (χ1) is 8.83. The molecular weight excluding hydrogens is 224 g/mol. The minimum Gasteiger partial charge on any atom is -0.259 e. The summed E-state index contributed by atoms with van der Waals surface area (Å²) in [6.45, 7) is 2.13. The lowest BCUT2D eigenvalue weighted by Gasteiger charge is -2.03. The Kier molecular flexibility index (Phi) is 2.76. The van der Waals surface area contributed by atoms with Crippen molar-refractivity contribution in [1.82, 2.24) is 10.2 Å². The molecule has 0 atom stereocenters. The molecule has 90 valence electrons. The van der Waals surface area contributed by atoms with Crippen LogP contribution < -0.4 is 5.43 Å². The van der Waals surface area contributed by atoms with Gasteiger partial charge in [0.15, 0.2) is 5.82 Å². The molecule has 0 bridgehead atoms. The van der Waals surface area contributed by atoms with Gasteiger partial charge >= 0.3 is 0 Å². The summed E-state index contributed by atoms with van der Waals surface area (Å²) in [6, 6.07) is 8.01. The Morgan fingerprint density at radius 1 is 1.22 bits per heavy atom. The van der Waals surface area contributed by atoms with E-state index < -0.39 is 0 Å². The molecule has 0 amide bonds. The van der Waals surface area contributed by atoms with Crippen LogP contribution in [0.3, 0.4) is 0 Å². The van der Waals surface area contributed by atoms with Gasteiger partial charge in [0.2, 0.25) is 0 Å². The highest BCUT2D eigenvalue weighted by Gasteiger charge is 2.07. The molecule has 4 heteroatoms. The molecule has 0 spiro atoms.